The van der Waals surface area contributed by atoms with Crippen LogP contribution in [0.3, 0.4) is 0 Å². The first-order chi connectivity index (χ1) is 7.34. The fourth-order valence-electron chi connectivity index (χ4n) is 2.01. The van der Waals surface area contributed by atoms with E-state index in [0.717, 1.165) is 24.9 Å². The second kappa shape index (κ2) is 8.08. The quantitative estimate of drug-likeness (QED) is 0.687. The van der Waals surface area contributed by atoms with Crippen molar-refractivity contribution < 1.29 is 0 Å². The predicted molar refractivity (Wildman–Crippen MR) is 73.8 cm³/mol. The van der Waals surface area contributed by atoms with Crippen LogP contribution in [0.1, 0.15) is 48.0 Å². The number of nitrogens with one attached hydrogen (secondary N) is 1. The van der Waals surface area contributed by atoms with E-state index in [9.17, 15) is 0 Å². The normalized spacial score (nSPS) is 16.1. The molecule has 0 fully saturated rings. The molecular formula is C14H32N2. The predicted octanol–water partition coefficient (Wildman–Crippen LogP) is 2.99. The van der Waals surface area contributed by atoms with Crippen LogP contribution in [0.15, 0.2) is 0 Å². The summed E-state index contributed by atoms with van der Waals surface area (Å²) in [7, 11) is 2.24. The first-order valence-corrected chi connectivity index (χ1v) is 6.77. The smallest absolute Gasteiger partial charge is 0.0192 e. The van der Waals surface area contributed by atoms with E-state index in [2.05, 4.69) is 58.8 Å². The van der Waals surface area contributed by atoms with Gasteiger partial charge in [0, 0.05) is 18.6 Å². The average Bonchev–Trinajstić information content (AvgIpc) is 2.14. The van der Waals surface area contributed by atoms with Crippen molar-refractivity contribution in [2.45, 2.75) is 60.0 Å². The Hall–Kier alpha value is -0.0800. The van der Waals surface area contributed by atoms with Crippen LogP contribution >= 0.6 is 0 Å². The van der Waals surface area contributed by atoms with Gasteiger partial charge in [-0.25, -0.2) is 0 Å². The Kier molecular flexibility index (Phi) is 8.04. The highest BCUT2D eigenvalue weighted by atomic mass is 15.2. The minimum Gasteiger partial charge on any atom is -0.315 e. The summed E-state index contributed by atoms with van der Waals surface area (Å²) in [6.07, 6.45) is 1.28. The minimum absolute atomic E-state index is 0.618. The van der Waals surface area contributed by atoms with Crippen molar-refractivity contribution in [2.24, 2.45) is 11.8 Å². The fourth-order valence-corrected chi connectivity index (χ4v) is 2.01. The lowest BCUT2D eigenvalue weighted by Gasteiger charge is -2.32. The van der Waals surface area contributed by atoms with Gasteiger partial charge in [0.2, 0.25) is 0 Å². The lowest BCUT2D eigenvalue weighted by molar-refractivity contribution is 0.171. The highest BCUT2D eigenvalue weighted by Gasteiger charge is 2.16. The SMILES string of the molecule is CC(C)CNCC(C)N(C)C(C)CC(C)C. The van der Waals surface area contributed by atoms with Gasteiger partial charge in [-0.1, -0.05) is 27.7 Å². The van der Waals surface area contributed by atoms with E-state index in [1.807, 2.05) is 0 Å². The van der Waals surface area contributed by atoms with Crippen LogP contribution in [0.2, 0.25) is 0 Å². The summed E-state index contributed by atoms with van der Waals surface area (Å²) in [5.74, 6) is 1.53. The topological polar surface area (TPSA) is 15.3 Å². The Balaban J connectivity index is 3.83. The Bertz CT molecular complexity index is 166. The highest BCUT2D eigenvalue weighted by Crippen LogP contribution is 2.11. The fraction of sp³-hybridized carbons (Fsp3) is 1.00. The number of likely N-dealkylation sites (N-methyl/N-ethyl adjacent to an activating group) is 1. The molecule has 0 bridgehead atoms. The molecule has 0 spiro atoms. The third kappa shape index (κ3) is 7.24. The molecule has 16 heavy (non-hydrogen) atoms. The Labute approximate surface area is 103 Å². The van der Waals surface area contributed by atoms with Crippen LogP contribution < -0.4 is 5.32 Å². The van der Waals surface area contributed by atoms with E-state index in [1.54, 1.807) is 0 Å². The molecule has 98 valence electrons. The Morgan fingerprint density at radius 1 is 0.812 bits per heavy atom. The number of nitrogens with zero attached hydrogens (tertiary/aromatic N) is 1. The van der Waals surface area contributed by atoms with Crippen LogP contribution in [-0.2, 0) is 0 Å². The summed E-state index contributed by atoms with van der Waals surface area (Å²) in [6, 6.07) is 1.29. The first kappa shape index (κ1) is 15.9. The molecule has 0 radical (unpaired) electrons. The van der Waals surface area contributed by atoms with Crippen molar-refractivity contribution in [1.29, 1.82) is 0 Å². The van der Waals surface area contributed by atoms with E-state index in [4.69, 9.17) is 0 Å². The van der Waals surface area contributed by atoms with Crippen LogP contribution in [-0.4, -0.2) is 37.1 Å². The molecule has 0 aromatic rings. The van der Waals surface area contributed by atoms with Gasteiger partial charge >= 0.3 is 0 Å². The lowest BCUT2D eigenvalue weighted by Crippen LogP contribution is -2.43. The molecule has 2 heteroatoms. The van der Waals surface area contributed by atoms with Crippen molar-refractivity contribution in [3.8, 4) is 0 Å². The van der Waals surface area contributed by atoms with Crippen LogP contribution in [0.4, 0.5) is 0 Å². The molecule has 0 aliphatic rings. The average molecular weight is 228 g/mol. The molecule has 0 rings (SSSR count). The molecule has 0 saturated heterocycles. The van der Waals surface area contributed by atoms with Crippen molar-refractivity contribution in [1.82, 2.24) is 10.2 Å². The molecule has 2 atom stereocenters. The third-order valence-electron chi connectivity index (χ3n) is 3.20. The van der Waals surface area contributed by atoms with Crippen LogP contribution in [0.5, 0.6) is 0 Å². The molecule has 2 nitrogen and oxygen atoms in total. The maximum atomic E-state index is 3.53. The van der Waals surface area contributed by atoms with E-state index >= 15 is 0 Å². The van der Waals surface area contributed by atoms with Gasteiger partial charge in [0.05, 0.1) is 0 Å². The van der Waals surface area contributed by atoms with Gasteiger partial charge < -0.3 is 5.32 Å². The van der Waals surface area contributed by atoms with Crippen LogP contribution in [0.25, 0.3) is 0 Å². The van der Waals surface area contributed by atoms with Gasteiger partial charge in [0.15, 0.2) is 0 Å². The summed E-state index contributed by atoms with van der Waals surface area (Å²) in [4.78, 5) is 2.49. The molecule has 0 aromatic carbocycles. The maximum Gasteiger partial charge on any atom is 0.0192 e. The summed E-state index contributed by atoms with van der Waals surface area (Å²) in [5.41, 5.74) is 0. The van der Waals surface area contributed by atoms with E-state index < -0.39 is 0 Å². The molecule has 0 aliphatic carbocycles. The Morgan fingerprint density at radius 3 is 1.81 bits per heavy atom. The van der Waals surface area contributed by atoms with E-state index in [0.29, 0.717) is 12.1 Å². The van der Waals surface area contributed by atoms with Gasteiger partial charge in [-0.15, -0.1) is 0 Å². The molecule has 0 amide bonds. The molecule has 1 N–H and O–H groups in total. The zero-order chi connectivity index (χ0) is 12.7. The number of hydrogen-bond donors (Lipinski definition) is 1. The van der Waals surface area contributed by atoms with Crippen LogP contribution in [0, 0.1) is 11.8 Å². The third-order valence-corrected chi connectivity index (χ3v) is 3.20. The number of hydrogen-bond acceptors (Lipinski definition) is 2. The molecule has 2 unspecified atom stereocenters. The van der Waals surface area contributed by atoms with Crippen molar-refractivity contribution in [2.75, 3.05) is 20.1 Å². The molecular weight excluding hydrogens is 196 g/mol. The molecule has 0 aliphatic heterocycles. The van der Waals surface area contributed by atoms with E-state index in [1.165, 1.54) is 6.42 Å². The monoisotopic (exact) mass is 228 g/mol. The van der Waals surface area contributed by atoms with E-state index in [-0.39, 0.29) is 0 Å². The lowest BCUT2D eigenvalue weighted by atomic mass is 10.0. The minimum atomic E-state index is 0.618. The summed E-state index contributed by atoms with van der Waals surface area (Å²) in [6.45, 7) is 16.0. The van der Waals surface area contributed by atoms with Gasteiger partial charge in [-0.05, 0) is 45.7 Å². The van der Waals surface area contributed by atoms with Crippen molar-refractivity contribution in [3.05, 3.63) is 0 Å². The summed E-state index contributed by atoms with van der Waals surface area (Å²) >= 11 is 0. The Morgan fingerprint density at radius 2 is 1.38 bits per heavy atom. The second-order valence-electron chi connectivity index (χ2n) is 6.05. The van der Waals surface area contributed by atoms with Crippen molar-refractivity contribution >= 4 is 0 Å². The molecule has 0 aromatic heterocycles. The standard InChI is InChI=1S/C14H32N2/c1-11(2)8-13(5)16(7)14(6)10-15-9-12(3)4/h11-15H,8-10H2,1-7H3. The highest BCUT2D eigenvalue weighted by molar-refractivity contribution is 4.73. The molecule has 0 saturated carbocycles. The maximum absolute atomic E-state index is 3.53. The second-order valence-corrected chi connectivity index (χ2v) is 6.05. The largest absolute Gasteiger partial charge is 0.315 e. The summed E-state index contributed by atoms with van der Waals surface area (Å²) in [5, 5.41) is 3.53. The van der Waals surface area contributed by atoms with Gasteiger partial charge in [-0.2, -0.15) is 0 Å². The van der Waals surface area contributed by atoms with Gasteiger partial charge in [0.1, 0.15) is 0 Å². The van der Waals surface area contributed by atoms with Gasteiger partial charge in [0.25, 0.3) is 0 Å². The van der Waals surface area contributed by atoms with Gasteiger partial charge in [-0.3, -0.25) is 4.90 Å². The zero-order valence-electron chi connectivity index (χ0n) is 12.4. The van der Waals surface area contributed by atoms with Crippen molar-refractivity contribution in [3.63, 3.8) is 0 Å². The first-order valence-electron chi connectivity index (χ1n) is 6.77. The summed E-state index contributed by atoms with van der Waals surface area (Å²) < 4.78 is 0. The number of rotatable bonds is 8. The zero-order valence-corrected chi connectivity index (χ0v) is 12.4. The molecule has 0 heterocycles.